The van der Waals surface area contributed by atoms with Crippen LogP contribution in [0.4, 0.5) is 5.69 Å². The van der Waals surface area contributed by atoms with Gasteiger partial charge in [0.05, 0.1) is 5.92 Å². The van der Waals surface area contributed by atoms with Gasteiger partial charge < -0.3 is 10.6 Å². The van der Waals surface area contributed by atoms with Crippen LogP contribution in [0, 0.1) is 12.8 Å². The molecule has 88 valence electrons. The zero-order valence-corrected chi connectivity index (χ0v) is 10.4. The second-order valence-corrected chi connectivity index (χ2v) is 4.38. The van der Waals surface area contributed by atoms with E-state index >= 15 is 0 Å². The van der Waals surface area contributed by atoms with Crippen LogP contribution in [0.5, 0.6) is 0 Å². The summed E-state index contributed by atoms with van der Waals surface area (Å²) in [7, 11) is 1.78. The third-order valence-corrected chi connectivity index (χ3v) is 2.93. The average Bonchev–Trinajstić information content (AvgIpc) is 2.27. The van der Waals surface area contributed by atoms with Gasteiger partial charge in [0.25, 0.3) is 0 Å². The highest BCUT2D eigenvalue weighted by Crippen LogP contribution is 2.16. The number of aryl methyl sites for hydroxylation is 1. The van der Waals surface area contributed by atoms with Crippen molar-refractivity contribution in [1.29, 1.82) is 0 Å². The largest absolute Gasteiger partial charge is 0.327 e. The fourth-order valence-corrected chi connectivity index (χ4v) is 1.43. The van der Waals surface area contributed by atoms with Crippen molar-refractivity contribution >= 4 is 11.6 Å². The van der Waals surface area contributed by atoms with E-state index in [1.165, 1.54) is 5.56 Å². The molecular formula is C13H20N2O. The Morgan fingerprint density at radius 1 is 1.25 bits per heavy atom. The summed E-state index contributed by atoms with van der Waals surface area (Å²) >= 11 is 0. The number of benzene rings is 1. The lowest BCUT2D eigenvalue weighted by Gasteiger charge is -2.23. The number of rotatable bonds is 3. The molecule has 1 aromatic rings. The van der Waals surface area contributed by atoms with Crippen LogP contribution in [0.2, 0.25) is 0 Å². The minimum absolute atomic E-state index is 0.0545. The van der Waals surface area contributed by atoms with E-state index in [0.29, 0.717) is 0 Å². The number of anilines is 1. The summed E-state index contributed by atoms with van der Waals surface area (Å²) < 4.78 is 0. The highest BCUT2D eigenvalue weighted by molar-refractivity contribution is 5.94. The molecule has 16 heavy (non-hydrogen) atoms. The van der Waals surface area contributed by atoms with Gasteiger partial charge in [0, 0.05) is 18.8 Å². The Balaban J connectivity index is 2.82. The van der Waals surface area contributed by atoms with Crippen LogP contribution in [0.1, 0.15) is 19.4 Å². The minimum Gasteiger partial charge on any atom is -0.327 e. The molecule has 0 spiro atoms. The molecule has 0 aliphatic heterocycles. The predicted octanol–water partition coefficient (Wildman–Crippen LogP) is 1.94. The smallest absolute Gasteiger partial charge is 0.231 e. The van der Waals surface area contributed by atoms with Crippen LogP contribution < -0.4 is 10.6 Å². The minimum atomic E-state index is -0.161. The summed E-state index contributed by atoms with van der Waals surface area (Å²) in [5, 5.41) is 0. The first kappa shape index (κ1) is 12.7. The van der Waals surface area contributed by atoms with Crippen LogP contribution in [-0.2, 0) is 4.79 Å². The van der Waals surface area contributed by atoms with E-state index in [4.69, 9.17) is 5.73 Å². The molecule has 1 rings (SSSR count). The third kappa shape index (κ3) is 2.83. The quantitative estimate of drug-likeness (QED) is 0.846. The van der Waals surface area contributed by atoms with Gasteiger partial charge in [-0.25, -0.2) is 0 Å². The van der Waals surface area contributed by atoms with E-state index in [0.717, 1.165) is 5.69 Å². The molecular weight excluding hydrogens is 200 g/mol. The molecule has 1 aromatic carbocycles. The predicted molar refractivity (Wildman–Crippen MR) is 67.4 cm³/mol. The lowest BCUT2D eigenvalue weighted by Crippen LogP contribution is -2.39. The summed E-state index contributed by atoms with van der Waals surface area (Å²) in [4.78, 5) is 13.7. The van der Waals surface area contributed by atoms with E-state index < -0.39 is 0 Å². The lowest BCUT2D eigenvalue weighted by molar-refractivity contribution is -0.122. The van der Waals surface area contributed by atoms with Crippen LogP contribution >= 0.6 is 0 Å². The van der Waals surface area contributed by atoms with E-state index in [1.807, 2.05) is 45.0 Å². The molecule has 2 atom stereocenters. The van der Waals surface area contributed by atoms with Gasteiger partial charge in [-0.2, -0.15) is 0 Å². The molecule has 2 N–H and O–H groups in total. The number of amides is 1. The van der Waals surface area contributed by atoms with Gasteiger partial charge in [0.2, 0.25) is 5.91 Å². The summed E-state index contributed by atoms with van der Waals surface area (Å²) in [6.07, 6.45) is 0. The lowest BCUT2D eigenvalue weighted by atomic mass is 10.0. The third-order valence-electron chi connectivity index (χ3n) is 2.93. The van der Waals surface area contributed by atoms with Crippen molar-refractivity contribution in [2.45, 2.75) is 26.8 Å². The molecule has 0 aliphatic rings. The molecule has 0 aromatic heterocycles. The number of hydrogen-bond acceptors (Lipinski definition) is 2. The molecule has 3 heteroatoms. The topological polar surface area (TPSA) is 46.3 Å². The first-order valence-electron chi connectivity index (χ1n) is 5.53. The summed E-state index contributed by atoms with van der Waals surface area (Å²) in [6.45, 7) is 5.74. The highest BCUT2D eigenvalue weighted by Gasteiger charge is 2.21. The average molecular weight is 220 g/mol. The molecule has 0 bridgehead atoms. The first-order chi connectivity index (χ1) is 7.43. The van der Waals surface area contributed by atoms with E-state index in [2.05, 4.69) is 0 Å². The Bertz CT molecular complexity index is 357. The molecule has 0 radical (unpaired) electrons. The van der Waals surface area contributed by atoms with Crippen molar-refractivity contribution < 1.29 is 4.79 Å². The number of hydrogen-bond donors (Lipinski definition) is 1. The Morgan fingerprint density at radius 2 is 1.75 bits per heavy atom. The number of nitrogens with two attached hydrogens (primary N) is 1. The number of nitrogens with zero attached hydrogens (tertiary/aromatic N) is 1. The van der Waals surface area contributed by atoms with Crippen molar-refractivity contribution in [3.8, 4) is 0 Å². The van der Waals surface area contributed by atoms with Gasteiger partial charge in [-0.15, -0.1) is 0 Å². The van der Waals surface area contributed by atoms with Crippen molar-refractivity contribution in [2.75, 3.05) is 11.9 Å². The van der Waals surface area contributed by atoms with Crippen LogP contribution in [0.15, 0.2) is 24.3 Å². The van der Waals surface area contributed by atoms with Gasteiger partial charge in [-0.1, -0.05) is 24.6 Å². The summed E-state index contributed by atoms with van der Waals surface area (Å²) in [6, 6.07) is 7.76. The van der Waals surface area contributed by atoms with Gasteiger partial charge >= 0.3 is 0 Å². The van der Waals surface area contributed by atoms with Gasteiger partial charge in [0.15, 0.2) is 0 Å². The second-order valence-electron chi connectivity index (χ2n) is 4.38. The Hall–Kier alpha value is -1.35. The maximum atomic E-state index is 12.0. The normalized spacial score (nSPS) is 14.3. The monoisotopic (exact) mass is 220 g/mol. The van der Waals surface area contributed by atoms with Crippen LogP contribution in [-0.4, -0.2) is 19.0 Å². The summed E-state index contributed by atoms with van der Waals surface area (Å²) in [5.41, 5.74) is 7.82. The van der Waals surface area contributed by atoms with Crippen LogP contribution in [0.25, 0.3) is 0 Å². The molecule has 3 nitrogen and oxygen atoms in total. The maximum Gasteiger partial charge on any atom is 0.231 e. The maximum absolute atomic E-state index is 12.0. The Kier molecular flexibility index (Phi) is 4.07. The van der Waals surface area contributed by atoms with E-state index in [-0.39, 0.29) is 17.9 Å². The van der Waals surface area contributed by atoms with Gasteiger partial charge in [0.1, 0.15) is 0 Å². The highest BCUT2D eigenvalue weighted by atomic mass is 16.2. The van der Waals surface area contributed by atoms with Crippen molar-refractivity contribution in [2.24, 2.45) is 11.7 Å². The Morgan fingerprint density at radius 3 is 2.19 bits per heavy atom. The second kappa shape index (κ2) is 5.12. The van der Waals surface area contributed by atoms with Crippen LogP contribution in [0.3, 0.4) is 0 Å². The molecule has 0 saturated carbocycles. The fourth-order valence-electron chi connectivity index (χ4n) is 1.43. The molecule has 1 amide bonds. The van der Waals surface area contributed by atoms with Gasteiger partial charge in [-0.05, 0) is 26.0 Å². The van der Waals surface area contributed by atoms with Crippen molar-refractivity contribution in [1.82, 2.24) is 0 Å². The Labute approximate surface area is 97.2 Å². The first-order valence-corrected chi connectivity index (χ1v) is 5.53. The molecule has 2 unspecified atom stereocenters. The number of carbonyl (C=O) groups excluding carboxylic acids is 1. The molecule has 0 heterocycles. The SMILES string of the molecule is Cc1ccc(N(C)C(=O)C(C)C(C)N)cc1. The van der Waals surface area contributed by atoms with Crippen molar-refractivity contribution in [3.63, 3.8) is 0 Å². The fraction of sp³-hybridized carbons (Fsp3) is 0.462. The molecule has 0 saturated heterocycles. The zero-order valence-electron chi connectivity index (χ0n) is 10.4. The van der Waals surface area contributed by atoms with Gasteiger partial charge in [-0.3, -0.25) is 4.79 Å². The molecule has 0 aliphatic carbocycles. The number of carbonyl (C=O) groups is 1. The van der Waals surface area contributed by atoms with Crippen molar-refractivity contribution in [3.05, 3.63) is 29.8 Å². The summed E-state index contributed by atoms with van der Waals surface area (Å²) in [5.74, 6) is -0.106. The molecule has 0 fully saturated rings. The standard InChI is InChI=1S/C13H20N2O/c1-9-5-7-12(8-6-9)15(4)13(16)10(2)11(3)14/h5-8,10-11H,14H2,1-4H3. The zero-order chi connectivity index (χ0) is 12.3. The van der Waals surface area contributed by atoms with E-state index in [1.54, 1.807) is 11.9 Å². The van der Waals surface area contributed by atoms with E-state index in [9.17, 15) is 4.79 Å².